The number of carbonyl (C=O) groups excluding carboxylic acids is 1. The molecule has 30 heavy (non-hydrogen) atoms. The van der Waals surface area contributed by atoms with Crippen LogP contribution in [-0.2, 0) is 0 Å². The molecular formula is C24H14FNO4. The Bertz CT molecular complexity index is 1450. The fourth-order valence-electron chi connectivity index (χ4n) is 3.41. The number of para-hydroxylation sites is 1. The minimum atomic E-state index is -0.635. The largest absolute Gasteiger partial charge is 0.453 e. The van der Waals surface area contributed by atoms with Gasteiger partial charge in [0, 0.05) is 11.1 Å². The summed E-state index contributed by atoms with van der Waals surface area (Å²) in [5, 5.41) is 3.50. The van der Waals surface area contributed by atoms with Crippen LogP contribution in [0.25, 0.3) is 33.3 Å². The monoisotopic (exact) mass is 399 g/mol. The molecule has 5 nitrogen and oxygen atoms in total. The molecule has 1 amide bonds. The van der Waals surface area contributed by atoms with Gasteiger partial charge in [0.05, 0.1) is 5.39 Å². The van der Waals surface area contributed by atoms with Gasteiger partial charge in [-0.05, 0) is 48.5 Å². The van der Waals surface area contributed by atoms with E-state index < -0.39 is 17.3 Å². The van der Waals surface area contributed by atoms with Gasteiger partial charge in [-0.25, -0.2) is 9.18 Å². The number of halogens is 1. The first-order valence-electron chi connectivity index (χ1n) is 9.22. The molecule has 146 valence electrons. The van der Waals surface area contributed by atoms with Gasteiger partial charge in [0.2, 0.25) is 0 Å². The van der Waals surface area contributed by atoms with E-state index in [1.54, 1.807) is 54.6 Å². The molecule has 3 aromatic carbocycles. The molecule has 0 bridgehead atoms. The van der Waals surface area contributed by atoms with E-state index >= 15 is 0 Å². The number of rotatable bonds is 3. The zero-order chi connectivity index (χ0) is 20.7. The smallest absolute Gasteiger partial charge is 0.349 e. The quantitative estimate of drug-likeness (QED) is 0.401. The Morgan fingerprint density at radius 2 is 1.53 bits per heavy atom. The molecular weight excluding hydrogens is 385 g/mol. The molecule has 0 unspecified atom stereocenters. The summed E-state index contributed by atoms with van der Waals surface area (Å²) >= 11 is 0. The highest BCUT2D eigenvalue weighted by Crippen LogP contribution is 2.39. The van der Waals surface area contributed by atoms with Gasteiger partial charge < -0.3 is 14.2 Å². The Morgan fingerprint density at radius 1 is 0.833 bits per heavy atom. The maximum Gasteiger partial charge on any atom is 0.349 e. The fraction of sp³-hybridized carbons (Fsp3) is 0. The molecule has 0 aliphatic heterocycles. The first-order valence-corrected chi connectivity index (χ1v) is 9.22. The Hall–Kier alpha value is -4.19. The van der Waals surface area contributed by atoms with Gasteiger partial charge in [-0.2, -0.15) is 0 Å². The van der Waals surface area contributed by atoms with Gasteiger partial charge in [-0.15, -0.1) is 0 Å². The average molecular weight is 399 g/mol. The number of anilines is 1. The summed E-state index contributed by atoms with van der Waals surface area (Å²) in [6, 6.07) is 21.2. The van der Waals surface area contributed by atoms with Gasteiger partial charge in [0.25, 0.3) is 5.91 Å². The van der Waals surface area contributed by atoms with E-state index in [1.165, 1.54) is 24.3 Å². The highest BCUT2D eigenvalue weighted by molar-refractivity contribution is 6.15. The number of furan rings is 1. The normalized spacial score (nSPS) is 11.1. The lowest BCUT2D eigenvalue weighted by molar-refractivity contribution is 0.102. The van der Waals surface area contributed by atoms with E-state index in [2.05, 4.69) is 5.32 Å². The zero-order valence-corrected chi connectivity index (χ0v) is 15.5. The topological polar surface area (TPSA) is 72.5 Å². The van der Waals surface area contributed by atoms with Crippen molar-refractivity contribution in [1.82, 2.24) is 0 Å². The van der Waals surface area contributed by atoms with E-state index in [9.17, 15) is 14.0 Å². The van der Waals surface area contributed by atoms with Crippen LogP contribution >= 0.6 is 0 Å². The van der Waals surface area contributed by atoms with Crippen molar-refractivity contribution in [3.63, 3.8) is 0 Å². The van der Waals surface area contributed by atoms with E-state index in [0.29, 0.717) is 27.7 Å². The fourth-order valence-corrected chi connectivity index (χ4v) is 3.41. The highest BCUT2D eigenvalue weighted by atomic mass is 19.1. The van der Waals surface area contributed by atoms with Crippen molar-refractivity contribution in [3.05, 3.63) is 101 Å². The number of fused-ring (bicyclic) bond motifs is 3. The molecule has 0 fully saturated rings. The second-order valence-corrected chi connectivity index (χ2v) is 6.72. The SMILES string of the molecule is O=C(Nc1c(-c2ccc(F)cc2)oc2c1c(=O)oc1ccccc12)c1ccccc1. The number of carbonyl (C=O) groups is 1. The molecule has 0 radical (unpaired) electrons. The molecule has 0 atom stereocenters. The Kier molecular flexibility index (Phi) is 4.17. The third-order valence-electron chi connectivity index (χ3n) is 4.83. The summed E-state index contributed by atoms with van der Waals surface area (Å²) in [4.78, 5) is 25.6. The third-order valence-corrected chi connectivity index (χ3v) is 4.83. The van der Waals surface area contributed by atoms with Crippen LogP contribution in [-0.4, -0.2) is 5.91 Å². The average Bonchev–Trinajstić information content (AvgIpc) is 3.15. The summed E-state index contributed by atoms with van der Waals surface area (Å²) in [6.07, 6.45) is 0. The van der Waals surface area contributed by atoms with Crippen molar-refractivity contribution in [2.75, 3.05) is 5.32 Å². The summed E-state index contributed by atoms with van der Waals surface area (Å²) < 4.78 is 24.9. The Balaban J connectivity index is 1.78. The predicted octanol–water partition coefficient (Wildman–Crippen LogP) is 5.60. The minimum absolute atomic E-state index is 0.123. The number of nitrogens with one attached hydrogen (secondary N) is 1. The van der Waals surface area contributed by atoms with Crippen molar-refractivity contribution in [2.24, 2.45) is 0 Å². The number of amides is 1. The van der Waals surface area contributed by atoms with Crippen molar-refractivity contribution in [3.8, 4) is 11.3 Å². The molecule has 0 spiro atoms. The van der Waals surface area contributed by atoms with Crippen molar-refractivity contribution >= 4 is 33.5 Å². The van der Waals surface area contributed by atoms with Gasteiger partial charge in [0.1, 0.15) is 22.5 Å². The molecule has 0 aliphatic rings. The van der Waals surface area contributed by atoms with Crippen LogP contribution in [0.2, 0.25) is 0 Å². The van der Waals surface area contributed by atoms with Crippen LogP contribution in [0, 0.1) is 5.82 Å². The lowest BCUT2D eigenvalue weighted by Crippen LogP contribution is -2.13. The Morgan fingerprint density at radius 3 is 2.30 bits per heavy atom. The minimum Gasteiger partial charge on any atom is -0.453 e. The summed E-state index contributed by atoms with van der Waals surface area (Å²) in [5.74, 6) is -0.568. The van der Waals surface area contributed by atoms with E-state index in [1.807, 2.05) is 0 Å². The van der Waals surface area contributed by atoms with E-state index in [-0.39, 0.29) is 16.8 Å². The van der Waals surface area contributed by atoms with Crippen LogP contribution in [0.1, 0.15) is 10.4 Å². The molecule has 0 saturated heterocycles. The van der Waals surface area contributed by atoms with E-state index in [4.69, 9.17) is 8.83 Å². The number of hydrogen-bond donors (Lipinski definition) is 1. The maximum absolute atomic E-state index is 13.4. The first kappa shape index (κ1) is 17.9. The lowest BCUT2D eigenvalue weighted by atomic mass is 10.1. The maximum atomic E-state index is 13.4. The molecule has 2 aromatic heterocycles. The second-order valence-electron chi connectivity index (χ2n) is 6.72. The Labute approximate surface area is 169 Å². The van der Waals surface area contributed by atoms with Gasteiger partial charge in [-0.3, -0.25) is 4.79 Å². The highest BCUT2D eigenvalue weighted by Gasteiger charge is 2.24. The lowest BCUT2D eigenvalue weighted by Gasteiger charge is -2.06. The predicted molar refractivity (Wildman–Crippen MR) is 112 cm³/mol. The third kappa shape index (κ3) is 2.95. The van der Waals surface area contributed by atoms with Crippen molar-refractivity contribution in [2.45, 2.75) is 0 Å². The zero-order valence-electron chi connectivity index (χ0n) is 15.5. The molecule has 6 heteroatoms. The van der Waals surface area contributed by atoms with Gasteiger partial charge in [-0.1, -0.05) is 30.3 Å². The molecule has 1 N–H and O–H groups in total. The summed E-state index contributed by atoms with van der Waals surface area (Å²) in [5.41, 5.74) is 1.15. The van der Waals surface area contributed by atoms with Crippen LogP contribution in [0.4, 0.5) is 10.1 Å². The number of benzene rings is 3. The van der Waals surface area contributed by atoms with Crippen LogP contribution in [0.15, 0.2) is 92.5 Å². The summed E-state index contributed by atoms with van der Waals surface area (Å²) in [6.45, 7) is 0. The van der Waals surface area contributed by atoms with Crippen LogP contribution in [0.3, 0.4) is 0 Å². The van der Waals surface area contributed by atoms with Gasteiger partial charge in [0.15, 0.2) is 11.3 Å². The van der Waals surface area contributed by atoms with Crippen LogP contribution in [0.5, 0.6) is 0 Å². The molecule has 5 rings (SSSR count). The molecule has 0 saturated carbocycles. The van der Waals surface area contributed by atoms with Crippen molar-refractivity contribution < 1.29 is 18.0 Å². The second kappa shape index (κ2) is 7.00. The molecule has 0 aliphatic carbocycles. The van der Waals surface area contributed by atoms with E-state index in [0.717, 1.165) is 0 Å². The number of hydrogen-bond acceptors (Lipinski definition) is 4. The van der Waals surface area contributed by atoms with Gasteiger partial charge >= 0.3 is 5.63 Å². The summed E-state index contributed by atoms with van der Waals surface area (Å²) in [7, 11) is 0. The molecule has 2 heterocycles. The van der Waals surface area contributed by atoms with Crippen LogP contribution < -0.4 is 10.9 Å². The molecule has 5 aromatic rings. The first-order chi connectivity index (χ1) is 14.6. The van der Waals surface area contributed by atoms with Crippen molar-refractivity contribution in [1.29, 1.82) is 0 Å². The standard InChI is InChI=1S/C24H14FNO4/c25-16-12-10-14(11-13-16)21-20(26-23(27)15-6-2-1-3-7-15)19-22(30-21)17-8-4-5-9-18(17)29-24(19)28/h1-13H,(H,26,27).